The first-order valence-corrected chi connectivity index (χ1v) is 8.24. The van der Waals surface area contributed by atoms with E-state index >= 15 is 0 Å². The topological polar surface area (TPSA) is 50.2 Å². The van der Waals surface area contributed by atoms with Crippen molar-refractivity contribution in [3.63, 3.8) is 0 Å². The van der Waals surface area contributed by atoms with Crippen LogP contribution in [0.4, 0.5) is 5.69 Å². The molecule has 128 valence electrons. The van der Waals surface area contributed by atoms with Gasteiger partial charge < -0.3 is 14.8 Å². The lowest BCUT2D eigenvalue weighted by molar-refractivity contribution is -0.111. The molecule has 0 saturated carbocycles. The van der Waals surface area contributed by atoms with Crippen molar-refractivity contribution in [2.24, 2.45) is 0 Å². The molecule has 0 aliphatic heterocycles. The number of likely N-dealkylation sites (N-methyl/N-ethyl adjacent to an activating group) is 1. The number of carbonyl (C=O) groups is 1. The number of amides is 1. The van der Waals surface area contributed by atoms with Gasteiger partial charge in [0.25, 0.3) is 0 Å². The van der Waals surface area contributed by atoms with E-state index in [1.807, 2.05) is 30.3 Å². The van der Waals surface area contributed by atoms with Crippen molar-refractivity contribution in [3.8, 4) is 0 Å². The van der Waals surface area contributed by atoms with Crippen LogP contribution < -0.4 is 5.32 Å². The van der Waals surface area contributed by atoms with Crippen molar-refractivity contribution in [1.82, 2.24) is 14.5 Å². The SMILES string of the molecule is CN(C)CCn1ccc2ccc(NC(=O)/C=C/c3cccnc3)cc21. The number of nitrogens with one attached hydrogen (secondary N) is 1. The second-order valence-electron chi connectivity index (χ2n) is 6.19. The summed E-state index contributed by atoms with van der Waals surface area (Å²) in [6, 6.07) is 11.8. The van der Waals surface area contributed by atoms with Gasteiger partial charge in [0.1, 0.15) is 0 Å². The van der Waals surface area contributed by atoms with Crippen LogP contribution in [0.2, 0.25) is 0 Å². The molecule has 1 aromatic carbocycles. The largest absolute Gasteiger partial charge is 0.346 e. The minimum absolute atomic E-state index is 0.158. The van der Waals surface area contributed by atoms with Gasteiger partial charge in [-0.25, -0.2) is 0 Å². The standard InChI is InChI=1S/C20H22N4O/c1-23(2)12-13-24-11-9-17-6-7-18(14-19(17)24)22-20(25)8-5-16-4-3-10-21-15-16/h3-11,14-15H,12-13H2,1-2H3,(H,22,25)/b8-5+. The van der Waals surface area contributed by atoms with E-state index < -0.39 is 0 Å². The van der Waals surface area contributed by atoms with E-state index in [0.29, 0.717) is 0 Å². The smallest absolute Gasteiger partial charge is 0.248 e. The number of hydrogen-bond acceptors (Lipinski definition) is 3. The van der Waals surface area contributed by atoms with E-state index in [-0.39, 0.29) is 5.91 Å². The monoisotopic (exact) mass is 334 g/mol. The number of anilines is 1. The second kappa shape index (κ2) is 7.77. The Hall–Kier alpha value is -2.92. The van der Waals surface area contributed by atoms with Gasteiger partial charge in [-0.3, -0.25) is 9.78 Å². The summed E-state index contributed by atoms with van der Waals surface area (Å²) < 4.78 is 2.20. The van der Waals surface area contributed by atoms with Crippen LogP contribution in [-0.2, 0) is 11.3 Å². The van der Waals surface area contributed by atoms with Crippen LogP contribution in [0.15, 0.2) is 61.1 Å². The Kier molecular flexibility index (Phi) is 5.26. The molecule has 0 atom stereocenters. The molecule has 3 rings (SSSR count). The highest BCUT2D eigenvalue weighted by atomic mass is 16.1. The predicted octanol–water partition coefficient (Wildman–Crippen LogP) is 3.25. The van der Waals surface area contributed by atoms with Crippen LogP contribution in [0.1, 0.15) is 5.56 Å². The molecule has 0 unspecified atom stereocenters. The molecule has 0 saturated heterocycles. The van der Waals surface area contributed by atoms with E-state index in [1.165, 1.54) is 11.5 Å². The molecule has 2 aromatic heterocycles. The predicted molar refractivity (Wildman–Crippen MR) is 102 cm³/mol. The molecular weight excluding hydrogens is 312 g/mol. The summed E-state index contributed by atoms with van der Waals surface area (Å²) in [6.45, 7) is 1.88. The fraction of sp³-hybridized carbons (Fsp3) is 0.200. The zero-order valence-electron chi connectivity index (χ0n) is 14.5. The Morgan fingerprint density at radius 3 is 2.92 bits per heavy atom. The summed E-state index contributed by atoms with van der Waals surface area (Å²) in [5.74, 6) is -0.158. The van der Waals surface area contributed by atoms with Crippen molar-refractivity contribution >= 4 is 28.6 Å². The Morgan fingerprint density at radius 1 is 1.28 bits per heavy atom. The molecule has 2 heterocycles. The maximum Gasteiger partial charge on any atom is 0.248 e. The normalized spacial score (nSPS) is 11.5. The van der Waals surface area contributed by atoms with Crippen LogP contribution in [0.25, 0.3) is 17.0 Å². The van der Waals surface area contributed by atoms with Gasteiger partial charge in [-0.1, -0.05) is 12.1 Å². The molecule has 5 heteroatoms. The maximum absolute atomic E-state index is 12.1. The van der Waals surface area contributed by atoms with Crippen molar-refractivity contribution in [3.05, 3.63) is 66.6 Å². The lowest BCUT2D eigenvalue weighted by Crippen LogP contribution is -2.17. The van der Waals surface area contributed by atoms with Crippen LogP contribution in [0.3, 0.4) is 0 Å². The average molecular weight is 334 g/mol. The van der Waals surface area contributed by atoms with Gasteiger partial charge in [-0.05, 0) is 55.4 Å². The number of fused-ring (bicyclic) bond motifs is 1. The highest BCUT2D eigenvalue weighted by molar-refractivity contribution is 6.02. The first kappa shape index (κ1) is 16.9. The van der Waals surface area contributed by atoms with Gasteiger partial charge >= 0.3 is 0 Å². The summed E-state index contributed by atoms with van der Waals surface area (Å²) in [7, 11) is 4.12. The average Bonchev–Trinajstić information content (AvgIpc) is 3.01. The van der Waals surface area contributed by atoms with Gasteiger partial charge in [-0.2, -0.15) is 0 Å². The molecule has 1 amide bonds. The number of hydrogen-bond donors (Lipinski definition) is 1. The van der Waals surface area contributed by atoms with E-state index in [4.69, 9.17) is 0 Å². The van der Waals surface area contributed by atoms with Gasteiger partial charge in [0, 0.05) is 43.4 Å². The number of benzene rings is 1. The molecule has 5 nitrogen and oxygen atoms in total. The van der Waals surface area contributed by atoms with Crippen molar-refractivity contribution in [1.29, 1.82) is 0 Å². The molecule has 0 radical (unpaired) electrons. The molecule has 25 heavy (non-hydrogen) atoms. The fourth-order valence-corrected chi connectivity index (χ4v) is 2.59. The summed E-state index contributed by atoms with van der Waals surface area (Å²) in [5.41, 5.74) is 2.81. The van der Waals surface area contributed by atoms with Gasteiger partial charge in [0.15, 0.2) is 0 Å². The molecule has 1 N–H and O–H groups in total. The molecule has 0 bridgehead atoms. The summed E-state index contributed by atoms with van der Waals surface area (Å²) >= 11 is 0. The van der Waals surface area contributed by atoms with Crippen LogP contribution in [0, 0.1) is 0 Å². The minimum atomic E-state index is -0.158. The number of carbonyl (C=O) groups excluding carboxylic acids is 1. The van der Waals surface area contributed by atoms with E-state index in [1.54, 1.807) is 18.5 Å². The maximum atomic E-state index is 12.1. The number of rotatable bonds is 6. The molecule has 0 aliphatic carbocycles. The van der Waals surface area contributed by atoms with Crippen LogP contribution >= 0.6 is 0 Å². The minimum Gasteiger partial charge on any atom is -0.346 e. The van der Waals surface area contributed by atoms with Crippen LogP contribution in [0.5, 0.6) is 0 Å². The van der Waals surface area contributed by atoms with E-state index in [2.05, 4.69) is 46.1 Å². The van der Waals surface area contributed by atoms with Crippen LogP contribution in [-0.4, -0.2) is 41.0 Å². The Bertz CT molecular complexity index is 881. The van der Waals surface area contributed by atoms with Gasteiger partial charge in [-0.15, -0.1) is 0 Å². The summed E-state index contributed by atoms with van der Waals surface area (Å²) in [6.07, 6.45) is 8.78. The first-order valence-electron chi connectivity index (χ1n) is 8.24. The first-order chi connectivity index (χ1) is 12.1. The zero-order chi connectivity index (χ0) is 17.6. The Labute approximate surface area is 147 Å². The Balaban J connectivity index is 1.71. The quantitative estimate of drug-likeness (QED) is 0.704. The summed E-state index contributed by atoms with van der Waals surface area (Å²) in [5, 5.41) is 4.09. The van der Waals surface area contributed by atoms with Crippen molar-refractivity contribution < 1.29 is 4.79 Å². The zero-order valence-corrected chi connectivity index (χ0v) is 14.5. The van der Waals surface area contributed by atoms with E-state index in [0.717, 1.165) is 29.9 Å². The third-order valence-electron chi connectivity index (χ3n) is 3.94. The van der Waals surface area contributed by atoms with Gasteiger partial charge in [0.05, 0.1) is 5.52 Å². The molecule has 3 aromatic rings. The lowest BCUT2D eigenvalue weighted by Gasteiger charge is -2.11. The van der Waals surface area contributed by atoms with Crippen molar-refractivity contribution in [2.45, 2.75) is 6.54 Å². The third kappa shape index (κ3) is 4.55. The van der Waals surface area contributed by atoms with E-state index in [9.17, 15) is 4.79 Å². The number of aromatic nitrogens is 2. The highest BCUT2D eigenvalue weighted by Crippen LogP contribution is 2.20. The molecular formula is C20H22N4O. The second-order valence-corrected chi connectivity index (χ2v) is 6.19. The fourth-order valence-electron chi connectivity index (χ4n) is 2.59. The summed E-state index contributed by atoms with van der Waals surface area (Å²) in [4.78, 5) is 18.3. The molecule has 0 fully saturated rings. The highest BCUT2D eigenvalue weighted by Gasteiger charge is 2.04. The van der Waals surface area contributed by atoms with Gasteiger partial charge in [0.2, 0.25) is 5.91 Å². The number of pyridine rings is 1. The van der Waals surface area contributed by atoms with Crippen molar-refractivity contribution in [2.75, 3.05) is 26.0 Å². The molecule has 0 aliphatic rings. The number of nitrogens with zero attached hydrogens (tertiary/aromatic N) is 3. The molecule has 0 spiro atoms. The Morgan fingerprint density at radius 2 is 2.16 bits per heavy atom. The lowest BCUT2D eigenvalue weighted by atomic mass is 10.2. The third-order valence-corrected chi connectivity index (χ3v) is 3.94.